The van der Waals surface area contributed by atoms with Crippen LogP contribution in [-0.2, 0) is 0 Å². The number of hydrogen-bond acceptors (Lipinski definition) is 4. The molecule has 2 aromatic rings. The third-order valence-corrected chi connectivity index (χ3v) is 2.63. The average molecular weight is 275 g/mol. The van der Waals surface area contributed by atoms with E-state index in [1.54, 1.807) is 18.2 Å². The molecule has 6 heteroatoms. The first kappa shape index (κ1) is 12.9. The molecule has 0 N–H and O–H groups in total. The summed E-state index contributed by atoms with van der Waals surface area (Å²) in [5.41, 5.74) is 0.315. The maximum atomic E-state index is 10.7. The minimum Gasteiger partial charge on any atom is -0.455 e. The van der Waals surface area contributed by atoms with Crippen molar-refractivity contribution in [2.24, 2.45) is 0 Å². The van der Waals surface area contributed by atoms with Gasteiger partial charge in [-0.1, -0.05) is 17.7 Å². The van der Waals surface area contributed by atoms with Gasteiger partial charge in [0.1, 0.15) is 5.75 Å². The van der Waals surface area contributed by atoms with Crippen molar-refractivity contribution in [3.63, 3.8) is 0 Å². The van der Waals surface area contributed by atoms with Crippen LogP contribution in [0.5, 0.6) is 11.5 Å². The zero-order valence-electron chi connectivity index (χ0n) is 9.54. The number of nitro benzene ring substituents is 1. The lowest BCUT2D eigenvalue weighted by Gasteiger charge is -2.07. The van der Waals surface area contributed by atoms with Crippen LogP contribution in [-0.4, -0.2) is 4.92 Å². The Kier molecular flexibility index (Phi) is 3.64. The smallest absolute Gasteiger partial charge is 0.273 e. The monoisotopic (exact) mass is 274 g/mol. The third kappa shape index (κ3) is 3.00. The average Bonchev–Trinajstić information content (AvgIpc) is 2.41. The molecule has 0 saturated heterocycles. The molecule has 0 fully saturated rings. The Morgan fingerprint density at radius 2 is 2.05 bits per heavy atom. The van der Waals surface area contributed by atoms with E-state index < -0.39 is 4.92 Å². The molecule has 0 aromatic heterocycles. The number of non-ortho nitro benzene ring substituents is 1. The topological polar surface area (TPSA) is 76.2 Å². The van der Waals surface area contributed by atoms with Gasteiger partial charge in [0, 0.05) is 6.07 Å². The van der Waals surface area contributed by atoms with Crippen LogP contribution in [0.1, 0.15) is 5.56 Å². The zero-order chi connectivity index (χ0) is 13.8. The summed E-state index contributed by atoms with van der Waals surface area (Å²) < 4.78 is 5.45. The summed E-state index contributed by atoms with van der Waals surface area (Å²) in [4.78, 5) is 10.1. The molecule has 0 aliphatic rings. The van der Waals surface area contributed by atoms with E-state index in [-0.39, 0.29) is 16.5 Å². The lowest BCUT2D eigenvalue weighted by molar-refractivity contribution is -0.384. The Morgan fingerprint density at radius 3 is 2.74 bits per heavy atom. The summed E-state index contributed by atoms with van der Waals surface area (Å²) in [6, 6.07) is 12.3. The minimum absolute atomic E-state index is 0.115. The second kappa shape index (κ2) is 5.38. The fourth-order valence-electron chi connectivity index (χ4n) is 1.44. The van der Waals surface area contributed by atoms with E-state index in [2.05, 4.69) is 0 Å². The summed E-state index contributed by atoms with van der Waals surface area (Å²) in [5, 5.41) is 19.7. The molecule has 0 bridgehead atoms. The van der Waals surface area contributed by atoms with E-state index in [4.69, 9.17) is 21.6 Å². The van der Waals surface area contributed by atoms with E-state index >= 15 is 0 Å². The number of benzene rings is 2. The van der Waals surface area contributed by atoms with Crippen LogP contribution in [0.4, 0.5) is 5.69 Å². The van der Waals surface area contributed by atoms with Crippen LogP contribution in [0, 0.1) is 21.4 Å². The zero-order valence-corrected chi connectivity index (χ0v) is 10.3. The molecule has 94 valence electrons. The highest BCUT2D eigenvalue weighted by molar-refractivity contribution is 6.32. The highest BCUT2D eigenvalue weighted by Crippen LogP contribution is 2.32. The van der Waals surface area contributed by atoms with Gasteiger partial charge in [-0.25, -0.2) is 0 Å². The standard InChI is InChI=1S/C13H7ClN2O3/c14-12-5-4-10(16(17)18)7-13(12)19-11-3-1-2-9(6-11)8-15/h1-7H. The number of nitrogens with zero attached hydrogens (tertiary/aromatic N) is 2. The predicted octanol–water partition coefficient (Wildman–Crippen LogP) is 3.91. The molecule has 5 nitrogen and oxygen atoms in total. The van der Waals surface area contributed by atoms with Crippen molar-refractivity contribution in [2.45, 2.75) is 0 Å². The number of hydrogen-bond donors (Lipinski definition) is 0. The Morgan fingerprint density at radius 1 is 1.26 bits per heavy atom. The van der Waals surface area contributed by atoms with Crippen molar-refractivity contribution in [1.82, 2.24) is 0 Å². The maximum Gasteiger partial charge on any atom is 0.273 e. The molecule has 2 rings (SSSR count). The second-order valence-corrected chi connectivity index (χ2v) is 4.02. The number of nitro groups is 1. The Labute approximate surface area is 113 Å². The van der Waals surface area contributed by atoms with Crippen molar-refractivity contribution in [2.75, 3.05) is 0 Å². The van der Waals surface area contributed by atoms with Crippen LogP contribution >= 0.6 is 11.6 Å². The molecule has 19 heavy (non-hydrogen) atoms. The third-order valence-electron chi connectivity index (χ3n) is 2.32. The Bertz CT molecular complexity index is 680. The molecule has 0 atom stereocenters. The quantitative estimate of drug-likeness (QED) is 0.628. The van der Waals surface area contributed by atoms with Crippen molar-refractivity contribution < 1.29 is 9.66 Å². The van der Waals surface area contributed by atoms with Crippen LogP contribution in [0.2, 0.25) is 5.02 Å². The number of halogens is 1. The van der Waals surface area contributed by atoms with Gasteiger partial charge in [-0.15, -0.1) is 0 Å². The highest BCUT2D eigenvalue weighted by Gasteiger charge is 2.11. The fourth-order valence-corrected chi connectivity index (χ4v) is 1.60. The summed E-state index contributed by atoms with van der Waals surface area (Å²) >= 11 is 5.91. The Hall–Kier alpha value is -2.58. The lowest BCUT2D eigenvalue weighted by Crippen LogP contribution is -1.91. The summed E-state index contributed by atoms with van der Waals surface area (Å²) in [6.45, 7) is 0. The molecule has 0 heterocycles. The van der Waals surface area contributed by atoms with E-state index in [0.29, 0.717) is 11.3 Å². The summed E-state index contributed by atoms with van der Waals surface area (Å²) in [5.74, 6) is 0.562. The van der Waals surface area contributed by atoms with E-state index in [9.17, 15) is 10.1 Å². The molecule has 0 saturated carbocycles. The molecular formula is C13H7ClN2O3. The van der Waals surface area contributed by atoms with Crippen LogP contribution in [0.25, 0.3) is 0 Å². The normalized spacial score (nSPS) is 9.68. The molecule has 0 unspecified atom stereocenters. The van der Waals surface area contributed by atoms with Gasteiger partial charge in [0.15, 0.2) is 5.75 Å². The van der Waals surface area contributed by atoms with E-state index in [0.717, 1.165) is 0 Å². The van der Waals surface area contributed by atoms with Gasteiger partial charge in [0.25, 0.3) is 5.69 Å². The predicted molar refractivity (Wildman–Crippen MR) is 69.3 cm³/mol. The van der Waals surface area contributed by atoms with Crippen molar-refractivity contribution >= 4 is 17.3 Å². The van der Waals surface area contributed by atoms with Crippen LogP contribution in [0.3, 0.4) is 0 Å². The molecule has 0 spiro atoms. The highest BCUT2D eigenvalue weighted by atomic mass is 35.5. The number of rotatable bonds is 3. The number of nitriles is 1. The molecule has 2 aromatic carbocycles. The van der Waals surface area contributed by atoms with Crippen LogP contribution < -0.4 is 4.74 Å². The first-order chi connectivity index (χ1) is 9.10. The SMILES string of the molecule is N#Cc1cccc(Oc2cc([N+](=O)[O-])ccc2Cl)c1. The minimum atomic E-state index is -0.533. The molecule has 0 radical (unpaired) electrons. The van der Waals surface area contributed by atoms with Crippen molar-refractivity contribution in [1.29, 1.82) is 5.26 Å². The van der Waals surface area contributed by atoms with Crippen molar-refractivity contribution in [3.8, 4) is 17.6 Å². The lowest BCUT2D eigenvalue weighted by atomic mass is 10.2. The van der Waals surface area contributed by atoms with Gasteiger partial charge in [-0.3, -0.25) is 10.1 Å². The first-order valence-corrected chi connectivity index (χ1v) is 5.60. The largest absolute Gasteiger partial charge is 0.455 e. The number of ether oxygens (including phenoxy) is 1. The maximum absolute atomic E-state index is 10.7. The summed E-state index contributed by atoms with van der Waals surface area (Å²) in [7, 11) is 0. The molecule has 0 aliphatic carbocycles. The second-order valence-electron chi connectivity index (χ2n) is 3.61. The van der Waals surface area contributed by atoms with Gasteiger partial charge in [0.05, 0.1) is 27.6 Å². The van der Waals surface area contributed by atoms with Crippen molar-refractivity contribution in [3.05, 3.63) is 63.2 Å². The molecule has 0 aliphatic heterocycles. The first-order valence-electron chi connectivity index (χ1n) is 5.22. The van der Waals surface area contributed by atoms with Gasteiger partial charge in [-0.05, 0) is 24.3 Å². The molecule has 0 amide bonds. The van der Waals surface area contributed by atoms with E-state index in [1.165, 1.54) is 24.3 Å². The fraction of sp³-hybridized carbons (Fsp3) is 0. The Balaban J connectivity index is 2.34. The van der Waals surface area contributed by atoms with Crippen LogP contribution in [0.15, 0.2) is 42.5 Å². The van der Waals surface area contributed by atoms with Gasteiger partial charge < -0.3 is 4.74 Å². The summed E-state index contributed by atoms with van der Waals surface area (Å²) in [6.07, 6.45) is 0. The van der Waals surface area contributed by atoms with Gasteiger partial charge in [-0.2, -0.15) is 5.26 Å². The van der Waals surface area contributed by atoms with Gasteiger partial charge >= 0.3 is 0 Å². The van der Waals surface area contributed by atoms with Gasteiger partial charge in [0.2, 0.25) is 0 Å². The van der Waals surface area contributed by atoms with E-state index in [1.807, 2.05) is 6.07 Å². The molecular weight excluding hydrogens is 268 g/mol.